The summed E-state index contributed by atoms with van der Waals surface area (Å²) in [5.41, 5.74) is 3.82. The van der Waals surface area contributed by atoms with Crippen LogP contribution in [-0.4, -0.2) is 24.4 Å². The molecule has 1 atom stereocenters. The molecule has 0 radical (unpaired) electrons. The van der Waals surface area contributed by atoms with Crippen molar-refractivity contribution in [3.8, 4) is 0 Å². The predicted octanol–water partition coefficient (Wildman–Crippen LogP) is 3.09. The molecule has 124 valence electrons. The monoisotopic (exact) mass is 322 g/mol. The lowest BCUT2D eigenvalue weighted by Crippen LogP contribution is -2.41. The third kappa shape index (κ3) is 3.32. The van der Waals surface area contributed by atoms with Gasteiger partial charge in [0.1, 0.15) is 6.04 Å². The Bertz CT molecular complexity index is 735. The number of rotatable bonds is 4. The first-order valence-corrected chi connectivity index (χ1v) is 8.36. The Kier molecular flexibility index (Phi) is 4.65. The van der Waals surface area contributed by atoms with Crippen LogP contribution in [0.15, 0.2) is 48.5 Å². The van der Waals surface area contributed by atoms with Gasteiger partial charge in [0.15, 0.2) is 0 Å². The molecule has 0 aliphatic carbocycles. The number of nitrogens with zero attached hydrogens (tertiary/aromatic N) is 1. The van der Waals surface area contributed by atoms with E-state index in [1.54, 1.807) is 4.90 Å². The van der Waals surface area contributed by atoms with Crippen LogP contribution in [-0.2, 0) is 11.2 Å². The minimum Gasteiger partial charge on any atom is -0.340 e. The zero-order valence-electron chi connectivity index (χ0n) is 14.1. The van der Waals surface area contributed by atoms with Crippen LogP contribution in [0, 0.1) is 6.92 Å². The zero-order chi connectivity index (χ0) is 17.1. The minimum absolute atomic E-state index is 0.0441. The van der Waals surface area contributed by atoms with E-state index in [0.29, 0.717) is 18.5 Å². The molecule has 3 rings (SSSR count). The van der Waals surface area contributed by atoms with Gasteiger partial charge >= 0.3 is 0 Å². The number of nitrogens with one attached hydrogen (secondary N) is 1. The molecule has 0 saturated carbocycles. The summed E-state index contributed by atoms with van der Waals surface area (Å²) >= 11 is 0. The largest absolute Gasteiger partial charge is 0.340 e. The van der Waals surface area contributed by atoms with Crippen molar-refractivity contribution in [1.82, 2.24) is 5.32 Å². The summed E-state index contributed by atoms with van der Waals surface area (Å²) in [4.78, 5) is 26.7. The van der Waals surface area contributed by atoms with Gasteiger partial charge in [-0.2, -0.15) is 0 Å². The maximum atomic E-state index is 12.6. The van der Waals surface area contributed by atoms with Gasteiger partial charge in [0, 0.05) is 17.8 Å². The normalized spacial score (nSPS) is 17.2. The molecule has 0 unspecified atom stereocenters. The maximum Gasteiger partial charge on any atom is 0.251 e. The molecule has 2 amide bonds. The first-order chi connectivity index (χ1) is 11.6. The molecule has 1 aliphatic rings. The minimum atomic E-state index is -0.454. The third-order valence-electron chi connectivity index (χ3n) is 4.48. The lowest BCUT2D eigenvalue weighted by molar-refractivity contribution is -0.118. The van der Waals surface area contributed by atoms with E-state index in [2.05, 4.69) is 12.2 Å². The SMILES string of the molecule is CCc1ccc(C(=O)N[C@H]2CCN(c3ccc(C)cc3)C2=O)cc1. The number of carbonyl (C=O) groups excluding carboxylic acids is 2. The first-order valence-electron chi connectivity index (χ1n) is 8.36. The van der Waals surface area contributed by atoms with Crippen LogP contribution in [0.25, 0.3) is 0 Å². The molecule has 1 N–H and O–H groups in total. The van der Waals surface area contributed by atoms with Crippen molar-refractivity contribution in [2.45, 2.75) is 32.7 Å². The number of carbonyl (C=O) groups is 2. The summed E-state index contributed by atoms with van der Waals surface area (Å²) in [5, 5.41) is 2.86. The number of amides is 2. The lowest BCUT2D eigenvalue weighted by Gasteiger charge is -2.17. The van der Waals surface area contributed by atoms with Gasteiger partial charge in [-0.3, -0.25) is 9.59 Å². The molecule has 24 heavy (non-hydrogen) atoms. The van der Waals surface area contributed by atoms with E-state index in [1.807, 2.05) is 55.5 Å². The average molecular weight is 322 g/mol. The summed E-state index contributed by atoms with van der Waals surface area (Å²) < 4.78 is 0. The maximum absolute atomic E-state index is 12.6. The van der Waals surface area contributed by atoms with Crippen molar-refractivity contribution >= 4 is 17.5 Å². The van der Waals surface area contributed by atoms with Gasteiger partial charge in [-0.1, -0.05) is 36.8 Å². The van der Waals surface area contributed by atoms with Crippen LogP contribution in [0.1, 0.15) is 34.8 Å². The fourth-order valence-corrected chi connectivity index (χ4v) is 2.93. The Labute approximate surface area is 142 Å². The molecule has 0 bridgehead atoms. The number of benzene rings is 2. The zero-order valence-corrected chi connectivity index (χ0v) is 14.1. The molecular weight excluding hydrogens is 300 g/mol. The van der Waals surface area contributed by atoms with Crippen LogP contribution in [0.4, 0.5) is 5.69 Å². The second-order valence-electron chi connectivity index (χ2n) is 6.19. The molecule has 1 heterocycles. The van der Waals surface area contributed by atoms with Gasteiger partial charge in [-0.15, -0.1) is 0 Å². The van der Waals surface area contributed by atoms with E-state index < -0.39 is 6.04 Å². The van der Waals surface area contributed by atoms with Gasteiger partial charge in [-0.25, -0.2) is 0 Å². The molecule has 2 aromatic rings. The lowest BCUT2D eigenvalue weighted by atomic mass is 10.1. The summed E-state index contributed by atoms with van der Waals surface area (Å²) in [6.07, 6.45) is 1.57. The highest BCUT2D eigenvalue weighted by Gasteiger charge is 2.33. The number of hydrogen-bond donors (Lipinski definition) is 1. The van der Waals surface area contributed by atoms with Crippen molar-refractivity contribution in [3.63, 3.8) is 0 Å². The van der Waals surface area contributed by atoms with Gasteiger partial charge in [0.05, 0.1) is 0 Å². The fraction of sp³-hybridized carbons (Fsp3) is 0.300. The highest BCUT2D eigenvalue weighted by atomic mass is 16.2. The summed E-state index contributed by atoms with van der Waals surface area (Å²) in [7, 11) is 0. The van der Waals surface area contributed by atoms with Crippen LogP contribution in [0.2, 0.25) is 0 Å². The molecule has 2 aromatic carbocycles. The van der Waals surface area contributed by atoms with Gasteiger partial charge in [-0.05, 0) is 49.6 Å². The molecule has 0 spiro atoms. The van der Waals surface area contributed by atoms with Gasteiger partial charge in [0.2, 0.25) is 5.91 Å². The Morgan fingerprint density at radius 1 is 1.12 bits per heavy atom. The van der Waals surface area contributed by atoms with Crippen molar-refractivity contribution in [2.24, 2.45) is 0 Å². The topological polar surface area (TPSA) is 49.4 Å². The van der Waals surface area contributed by atoms with E-state index in [4.69, 9.17) is 0 Å². The predicted molar refractivity (Wildman–Crippen MR) is 95.2 cm³/mol. The van der Waals surface area contributed by atoms with Crippen LogP contribution in [0.3, 0.4) is 0 Å². The molecule has 1 aliphatic heterocycles. The molecular formula is C20H22N2O2. The van der Waals surface area contributed by atoms with Crippen molar-refractivity contribution in [2.75, 3.05) is 11.4 Å². The van der Waals surface area contributed by atoms with Gasteiger partial charge in [0.25, 0.3) is 5.91 Å². The molecule has 1 saturated heterocycles. The van der Waals surface area contributed by atoms with Crippen molar-refractivity contribution in [3.05, 3.63) is 65.2 Å². The van der Waals surface area contributed by atoms with E-state index in [1.165, 1.54) is 5.56 Å². The Balaban J connectivity index is 1.66. The van der Waals surface area contributed by atoms with Crippen LogP contribution >= 0.6 is 0 Å². The molecule has 4 nitrogen and oxygen atoms in total. The summed E-state index contributed by atoms with van der Waals surface area (Å²) in [6, 6.07) is 14.9. The Morgan fingerprint density at radius 2 is 1.79 bits per heavy atom. The highest BCUT2D eigenvalue weighted by molar-refractivity contribution is 6.03. The highest BCUT2D eigenvalue weighted by Crippen LogP contribution is 2.22. The summed E-state index contributed by atoms with van der Waals surface area (Å²) in [6.45, 7) is 4.72. The smallest absolute Gasteiger partial charge is 0.251 e. The van der Waals surface area contributed by atoms with Crippen LogP contribution in [0.5, 0.6) is 0 Å². The molecule has 4 heteroatoms. The third-order valence-corrected chi connectivity index (χ3v) is 4.48. The van der Waals surface area contributed by atoms with Crippen LogP contribution < -0.4 is 10.2 Å². The number of anilines is 1. The average Bonchev–Trinajstić information content (AvgIpc) is 2.96. The molecule has 0 aromatic heterocycles. The standard InChI is InChI=1S/C20H22N2O2/c1-3-15-6-8-16(9-7-15)19(23)21-18-12-13-22(20(18)24)17-10-4-14(2)5-11-17/h4-11,18H,3,12-13H2,1-2H3,(H,21,23)/t18-/m0/s1. The van der Waals surface area contributed by atoms with Crippen molar-refractivity contribution in [1.29, 1.82) is 0 Å². The van der Waals surface area contributed by atoms with Crippen molar-refractivity contribution < 1.29 is 9.59 Å². The van der Waals surface area contributed by atoms with E-state index in [-0.39, 0.29) is 11.8 Å². The first kappa shape index (κ1) is 16.2. The number of aryl methyl sites for hydroxylation is 2. The second-order valence-corrected chi connectivity index (χ2v) is 6.19. The Hall–Kier alpha value is -2.62. The fourth-order valence-electron chi connectivity index (χ4n) is 2.93. The molecule has 1 fully saturated rings. The quantitative estimate of drug-likeness (QED) is 0.940. The Morgan fingerprint density at radius 3 is 2.42 bits per heavy atom. The van der Waals surface area contributed by atoms with E-state index >= 15 is 0 Å². The second kappa shape index (κ2) is 6.87. The number of hydrogen-bond acceptors (Lipinski definition) is 2. The van der Waals surface area contributed by atoms with E-state index in [0.717, 1.165) is 17.7 Å². The van der Waals surface area contributed by atoms with Gasteiger partial charge < -0.3 is 10.2 Å². The summed E-state index contributed by atoms with van der Waals surface area (Å²) in [5.74, 6) is -0.237. The van der Waals surface area contributed by atoms with E-state index in [9.17, 15) is 9.59 Å².